The quantitative estimate of drug-likeness (QED) is 0.444. The van der Waals surface area contributed by atoms with E-state index >= 15 is 0 Å². The molecule has 3 N–H and O–H groups in total. The first kappa shape index (κ1) is 24.0. The summed E-state index contributed by atoms with van der Waals surface area (Å²) >= 11 is 0.845. The second kappa shape index (κ2) is 10.7. The summed E-state index contributed by atoms with van der Waals surface area (Å²) in [7, 11) is 1.46. The van der Waals surface area contributed by atoms with Crippen molar-refractivity contribution in [3.8, 4) is 0 Å². The molecule has 0 atom stereocenters. The number of methoxy groups -OCH3 is 1. The van der Waals surface area contributed by atoms with Crippen LogP contribution in [0.1, 0.15) is 47.1 Å². The van der Waals surface area contributed by atoms with Crippen molar-refractivity contribution in [3.63, 3.8) is 0 Å². The number of carbonyl (C=O) groups excluding carboxylic acids is 4. The lowest BCUT2D eigenvalue weighted by Crippen LogP contribution is -2.22. The van der Waals surface area contributed by atoms with Gasteiger partial charge < -0.3 is 25.3 Å². The number of aryl methyl sites for hydroxylation is 2. The topological polar surface area (TPSA) is 134 Å². The molecule has 0 aliphatic heterocycles. The Kier molecular flexibility index (Phi) is 8.29. The van der Waals surface area contributed by atoms with E-state index in [1.54, 1.807) is 18.2 Å². The van der Waals surface area contributed by atoms with E-state index in [0.717, 1.165) is 22.5 Å². The number of amides is 2. The molecule has 1 aromatic carbocycles. The largest absolute Gasteiger partial charge is 0.460 e. The summed E-state index contributed by atoms with van der Waals surface area (Å²) in [6.45, 7) is 4.91. The minimum atomic E-state index is -0.741. The van der Waals surface area contributed by atoms with Crippen LogP contribution < -0.4 is 11.1 Å². The number of thiophene rings is 1. The summed E-state index contributed by atoms with van der Waals surface area (Å²) in [4.78, 5) is 48.7. The maximum Gasteiger partial charge on any atom is 0.341 e. The molecule has 2 amide bonds. The van der Waals surface area contributed by atoms with Crippen LogP contribution in [0.4, 0.5) is 5.00 Å². The van der Waals surface area contributed by atoms with Crippen LogP contribution in [0.25, 0.3) is 0 Å². The molecule has 0 saturated heterocycles. The number of anilines is 1. The van der Waals surface area contributed by atoms with Crippen molar-refractivity contribution in [2.45, 2.75) is 20.8 Å². The molecule has 2 aromatic rings. The van der Waals surface area contributed by atoms with Gasteiger partial charge in [0.05, 0.1) is 22.6 Å². The highest BCUT2D eigenvalue weighted by Gasteiger charge is 2.26. The summed E-state index contributed by atoms with van der Waals surface area (Å²) in [6, 6.07) is 5.07. The van der Waals surface area contributed by atoms with Crippen molar-refractivity contribution in [2.75, 3.05) is 32.2 Å². The summed E-state index contributed by atoms with van der Waals surface area (Å²) in [5, 5.41) is 2.57. The number of nitrogens with one attached hydrogen (secondary N) is 1. The molecule has 0 saturated carbocycles. The third-order valence-electron chi connectivity index (χ3n) is 4.43. The van der Waals surface area contributed by atoms with Crippen molar-refractivity contribution in [3.05, 3.63) is 50.9 Å². The third-order valence-corrected chi connectivity index (χ3v) is 5.65. The van der Waals surface area contributed by atoms with Gasteiger partial charge in [-0.25, -0.2) is 9.59 Å². The predicted octanol–water partition coefficient (Wildman–Crippen LogP) is 2.37. The highest BCUT2D eigenvalue weighted by Crippen LogP contribution is 2.33. The summed E-state index contributed by atoms with van der Waals surface area (Å²) in [6.07, 6.45) is 0. The molecule has 31 heavy (non-hydrogen) atoms. The zero-order valence-electron chi connectivity index (χ0n) is 17.7. The van der Waals surface area contributed by atoms with E-state index in [1.807, 2.05) is 13.8 Å². The summed E-state index contributed by atoms with van der Waals surface area (Å²) in [5.41, 5.74) is 7.93. The number of primary amides is 1. The predicted molar refractivity (Wildman–Crippen MR) is 115 cm³/mol. The molecule has 10 heteroatoms. The first-order valence-corrected chi connectivity index (χ1v) is 10.1. The van der Waals surface area contributed by atoms with Crippen LogP contribution in [0.5, 0.6) is 0 Å². The Hall–Kier alpha value is -3.24. The Morgan fingerprint density at radius 3 is 2.32 bits per heavy atom. The van der Waals surface area contributed by atoms with Gasteiger partial charge >= 0.3 is 11.9 Å². The lowest BCUT2D eigenvalue weighted by atomic mass is 10.1. The van der Waals surface area contributed by atoms with Crippen LogP contribution in [-0.2, 0) is 19.0 Å². The van der Waals surface area contributed by atoms with E-state index in [2.05, 4.69) is 5.32 Å². The monoisotopic (exact) mass is 448 g/mol. The highest BCUT2D eigenvalue weighted by atomic mass is 32.1. The Morgan fingerprint density at radius 1 is 1.00 bits per heavy atom. The lowest BCUT2D eigenvalue weighted by molar-refractivity contribution is -0.119. The second-order valence-electron chi connectivity index (χ2n) is 6.68. The average Bonchev–Trinajstić information content (AvgIpc) is 3.04. The van der Waals surface area contributed by atoms with Crippen molar-refractivity contribution < 1.29 is 33.4 Å². The van der Waals surface area contributed by atoms with E-state index < -0.39 is 30.4 Å². The highest BCUT2D eigenvalue weighted by molar-refractivity contribution is 7.18. The molecular weight excluding hydrogens is 424 g/mol. The van der Waals surface area contributed by atoms with E-state index in [4.69, 9.17) is 19.9 Å². The van der Waals surface area contributed by atoms with E-state index in [9.17, 15) is 19.2 Å². The van der Waals surface area contributed by atoms with E-state index in [0.29, 0.717) is 11.1 Å². The Bertz CT molecular complexity index is 1010. The van der Waals surface area contributed by atoms with Crippen LogP contribution in [0.3, 0.4) is 0 Å². The van der Waals surface area contributed by atoms with Gasteiger partial charge in [0.2, 0.25) is 0 Å². The van der Waals surface area contributed by atoms with Crippen LogP contribution >= 0.6 is 11.3 Å². The molecule has 1 heterocycles. The van der Waals surface area contributed by atoms with Gasteiger partial charge in [0, 0.05) is 7.11 Å². The fraction of sp³-hybridized carbons (Fsp3) is 0.333. The number of carbonyl (C=O) groups is 4. The molecule has 0 spiro atoms. The smallest absolute Gasteiger partial charge is 0.341 e. The van der Waals surface area contributed by atoms with Gasteiger partial charge in [0.15, 0.2) is 6.61 Å². The fourth-order valence-electron chi connectivity index (χ4n) is 2.62. The van der Waals surface area contributed by atoms with Gasteiger partial charge in [-0.05, 0) is 49.6 Å². The van der Waals surface area contributed by atoms with Gasteiger partial charge in [-0.1, -0.05) is 6.07 Å². The zero-order valence-corrected chi connectivity index (χ0v) is 18.5. The molecule has 2 rings (SSSR count). The van der Waals surface area contributed by atoms with Gasteiger partial charge in [-0.2, -0.15) is 0 Å². The standard InChI is InChI=1S/C21H24N2O7S/c1-11-5-6-14(9-12(11)2)20(26)30-10-15(24)23-19-16(21(27)29-8-7-28-4)13(3)17(31-19)18(22)25/h5-6,9H,7-8,10H2,1-4H3,(H2,22,25)(H,23,24). The molecule has 0 unspecified atom stereocenters. The van der Waals surface area contributed by atoms with Crippen LogP contribution in [0.15, 0.2) is 18.2 Å². The van der Waals surface area contributed by atoms with E-state index in [1.165, 1.54) is 14.0 Å². The summed E-state index contributed by atoms with van der Waals surface area (Å²) < 4.78 is 15.0. The van der Waals surface area contributed by atoms with Crippen LogP contribution in [0.2, 0.25) is 0 Å². The normalized spacial score (nSPS) is 10.5. The summed E-state index contributed by atoms with van der Waals surface area (Å²) in [5.74, 6) is -2.81. The molecule has 166 valence electrons. The van der Waals surface area contributed by atoms with Crippen molar-refractivity contribution in [1.82, 2.24) is 0 Å². The number of hydrogen-bond acceptors (Lipinski definition) is 8. The molecule has 0 radical (unpaired) electrons. The first-order chi connectivity index (χ1) is 14.6. The lowest BCUT2D eigenvalue weighted by Gasteiger charge is -2.09. The third kappa shape index (κ3) is 6.12. The van der Waals surface area contributed by atoms with Gasteiger partial charge in [0.1, 0.15) is 11.6 Å². The molecular formula is C21H24N2O7S. The van der Waals surface area contributed by atoms with Crippen LogP contribution in [0, 0.1) is 20.8 Å². The van der Waals surface area contributed by atoms with Crippen molar-refractivity contribution in [2.24, 2.45) is 5.73 Å². The van der Waals surface area contributed by atoms with Crippen molar-refractivity contribution >= 4 is 40.1 Å². The van der Waals surface area contributed by atoms with Gasteiger partial charge in [-0.3, -0.25) is 9.59 Å². The number of benzene rings is 1. The average molecular weight is 448 g/mol. The number of nitrogens with two attached hydrogens (primary N) is 1. The van der Waals surface area contributed by atoms with Gasteiger partial charge in [0.25, 0.3) is 11.8 Å². The van der Waals surface area contributed by atoms with Gasteiger partial charge in [-0.15, -0.1) is 11.3 Å². The minimum Gasteiger partial charge on any atom is -0.460 e. The Balaban J connectivity index is 2.11. The maximum absolute atomic E-state index is 12.4. The molecule has 0 fully saturated rings. The van der Waals surface area contributed by atoms with Crippen LogP contribution in [-0.4, -0.2) is 50.7 Å². The number of rotatable bonds is 9. The minimum absolute atomic E-state index is 0.00249. The first-order valence-electron chi connectivity index (χ1n) is 9.29. The maximum atomic E-state index is 12.4. The SMILES string of the molecule is COCCOC(=O)c1c(NC(=O)COC(=O)c2ccc(C)c(C)c2)sc(C(N)=O)c1C. The number of ether oxygens (including phenoxy) is 3. The number of hydrogen-bond donors (Lipinski definition) is 2. The Labute approximate surface area is 183 Å². The molecule has 0 aliphatic carbocycles. The molecule has 0 bridgehead atoms. The second-order valence-corrected chi connectivity index (χ2v) is 7.70. The zero-order chi connectivity index (χ0) is 23.1. The van der Waals surface area contributed by atoms with E-state index in [-0.39, 0.29) is 28.7 Å². The Morgan fingerprint density at radius 2 is 1.71 bits per heavy atom. The number of esters is 2. The van der Waals surface area contributed by atoms with Crippen molar-refractivity contribution in [1.29, 1.82) is 0 Å². The fourth-order valence-corrected chi connectivity index (χ4v) is 3.68. The molecule has 0 aliphatic rings. The molecule has 1 aromatic heterocycles. The molecule has 9 nitrogen and oxygen atoms in total.